The summed E-state index contributed by atoms with van der Waals surface area (Å²) in [7, 11) is -2.85. The van der Waals surface area contributed by atoms with E-state index in [1.165, 1.54) is 47.7 Å². The van der Waals surface area contributed by atoms with E-state index in [-0.39, 0.29) is 0 Å². The predicted octanol–water partition coefficient (Wildman–Crippen LogP) is 5.92. The van der Waals surface area contributed by atoms with E-state index in [9.17, 15) is 0 Å². The molecule has 0 amide bonds. The van der Waals surface area contributed by atoms with Crippen LogP contribution in [0.1, 0.15) is 55.4 Å². The number of hydrogen-bond acceptors (Lipinski definition) is 2. The number of nitrogens with zero attached hydrogens (tertiary/aromatic N) is 2. The maximum Gasteiger partial charge on any atom is 0.181 e. The van der Waals surface area contributed by atoms with Gasteiger partial charge in [-0.25, -0.2) is 0 Å². The second-order valence-electron chi connectivity index (χ2n) is 5.96. The lowest BCUT2D eigenvalue weighted by Crippen LogP contribution is -2.34. The molecule has 0 aliphatic heterocycles. The van der Waals surface area contributed by atoms with E-state index in [0.717, 1.165) is 0 Å². The molecule has 0 saturated heterocycles. The molecule has 0 bridgehead atoms. The average molecular weight is 313 g/mol. The summed E-state index contributed by atoms with van der Waals surface area (Å²) >= 11 is 0. The Balaban J connectivity index is 5.42. The summed E-state index contributed by atoms with van der Waals surface area (Å²) in [5.41, 5.74) is 2.43. The highest BCUT2D eigenvalue weighted by Crippen LogP contribution is 2.24. The van der Waals surface area contributed by atoms with Gasteiger partial charge in [-0.05, 0) is 50.1 Å². The van der Waals surface area contributed by atoms with Crippen molar-refractivity contribution in [1.82, 2.24) is 0 Å². The molecule has 118 valence electrons. The Kier molecular flexibility index (Phi) is 8.83. The lowest BCUT2D eigenvalue weighted by Gasteiger charge is -2.26. The minimum absolute atomic E-state index is 1.22. The highest BCUT2D eigenvalue weighted by molar-refractivity contribution is 6.82. The summed E-state index contributed by atoms with van der Waals surface area (Å²) in [6.07, 6.45) is 0. The van der Waals surface area contributed by atoms with Gasteiger partial charge in [0.25, 0.3) is 0 Å². The van der Waals surface area contributed by atoms with E-state index in [1.54, 1.807) is 0 Å². The van der Waals surface area contributed by atoms with Crippen LogP contribution in [0, 0.1) is 0 Å². The van der Waals surface area contributed by atoms with Crippen LogP contribution in [-0.2, 0) is 0 Å². The molecule has 0 heterocycles. The van der Waals surface area contributed by atoms with Crippen molar-refractivity contribution in [3.63, 3.8) is 0 Å². The second-order valence-corrected chi connectivity index (χ2v) is 15.6. The van der Waals surface area contributed by atoms with Gasteiger partial charge in [0.2, 0.25) is 0 Å². The fraction of sp³-hybridized carbons (Fsp3) is 0.875. The Morgan fingerprint density at radius 1 is 0.550 bits per heavy atom. The Morgan fingerprint density at radius 2 is 0.750 bits per heavy atom. The zero-order chi connectivity index (χ0) is 15.8. The van der Waals surface area contributed by atoms with Crippen LogP contribution in [0.2, 0.25) is 36.3 Å². The van der Waals surface area contributed by atoms with Crippen LogP contribution in [0.5, 0.6) is 0 Å². The van der Waals surface area contributed by atoms with Gasteiger partial charge in [-0.3, -0.25) is 0 Å². The van der Waals surface area contributed by atoms with Gasteiger partial charge >= 0.3 is 0 Å². The van der Waals surface area contributed by atoms with Gasteiger partial charge in [0.1, 0.15) is 0 Å². The van der Waals surface area contributed by atoms with E-state index in [0.29, 0.717) is 0 Å². The Hall–Kier alpha value is -0.226. The smallest absolute Gasteiger partial charge is 0.181 e. The summed E-state index contributed by atoms with van der Waals surface area (Å²) in [5.74, 6) is 0. The molecule has 0 aromatic rings. The molecular formula is C16H36N2Si2. The van der Waals surface area contributed by atoms with Crippen molar-refractivity contribution in [2.45, 2.75) is 91.7 Å². The summed E-state index contributed by atoms with van der Waals surface area (Å²) in [5, 5.41) is 0. The maximum absolute atomic E-state index is 5.20. The Bertz CT molecular complexity index is 290. The van der Waals surface area contributed by atoms with Crippen LogP contribution >= 0.6 is 0 Å². The molecule has 0 saturated carbocycles. The summed E-state index contributed by atoms with van der Waals surface area (Å²) in [4.78, 5) is 0. The van der Waals surface area contributed by atoms with Gasteiger partial charge in [0.15, 0.2) is 16.5 Å². The van der Waals surface area contributed by atoms with Gasteiger partial charge in [-0.1, -0.05) is 41.5 Å². The highest BCUT2D eigenvalue weighted by Gasteiger charge is 2.29. The zero-order valence-electron chi connectivity index (χ0n) is 15.1. The maximum atomic E-state index is 5.20. The molecule has 20 heavy (non-hydrogen) atoms. The van der Waals surface area contributed by atoms with Gasteiger partial charge in [0.05, 0.1) is 0 Å². The average Bonchev–Trinajstić information content (AvgIpc) is 2.50. The van der Waals surface area contributed by atoms with Crippen LogP contribution in [0.4, 0.5) is 0 Å². The minimum atomic E-state index is -1.43. The third-order valence-electron chi connectivity index (χ3n) is 5.28. The third-order valence-corrected chi connectivity index (χ3v) is 14.8. The molecular weight excluding hydrogens is 276 g/mol. The van der Waals surface area contributed by atoms with E-state index in [1.807, 2.05) is 0 Å². The molecule has 0 aromatic heterocycles. The summed E-state index contributed by atoms with van der Waals surface area (Å²) in [6, 6.07) is 7.52. The van der Waals surface area contributed by atoms with Gasteiger partial charge in [0, 0.05) is 11.4 Å². The quantitative estimate of drug-likeness (QED) is 0.373. The molecule has 0 atom stereocenters. The van der Waals surface area contributed by atoms with E-state index >= 15 is 0 Å². The molecule has 0 fully saturated rings. The first-order chi connectivity index (χ1) is 9.38. The van der Waals surface area contributed by atoms with Crippen molar-refractivity contribution < 1.29 is 0 Å². The zero-order valence-corrected chi connectivity index (χ0v) is 17.1. The van der Waals surface area contributed by atoms with Crippen LogP contribution in [0.3, 0.4) is 0 Å². The van der Waals surface area contributed by atoms with Gasteiger partial charge < -0.3 is 9.32 Å². The number of rotatable bonds is 9. The van der Waals surface area contributed by atoms with Crippen LogP contribution in [-0.4, -0.2) is 27.9 Å². The van der Waals surface area contributed by atoms with Crippen molar-refractivity contribution in [3.8, 4) is 0 Å². The highest BCUT2D eigenvalue weighted by atomic mass is 28.3. The molecule has 0 N–H and O–H groups in total. The van der Waals surface area contributed by atoms with Gasteiger partial charge in [-0.15, -0.1) is 0 Å². The predicted molar refractivity (Wildman–Crippen MR) is 101 cm³/mol. The van der Waals surface area contributed by atoms with Crippen molar-refractivity contribution >= 4 is 27.9 Å². The Labute approximate surface area is 129 Å². The molecule has 0 unspecified atom stereocenters. The molecule has 0 radical (unpaired) electrons. The summed E-state index contributed by atoms with van der Waals surface area (Å²) in [6.45, 7) is 18.2. The molecule has 0 rings (SSSR count). The standard InChI is InChI=1S/C16H36N2Si2/c1-9-19(10-2,11-3)17-15(7)16(8)18-20(12-4,13-5)14-6/h9-14H2,1-8H3. The van der Waals surface area contributed by atoms with Crippen LogP contribution < -0.4 is 0 Å². The molecule has 2 nitrogen and oxygen atoms in total. The first kappa shape index (κ1) is 19.8. The van der Waals surface area contributed by atoms with E-state index < -0.39 is 16.5 Å². The fourth-order valence-corrected chi connectivity index (χ4v) is 8.54. The van der Waals surface area contributed by atoms with Crippen molar-refractivity contribution in [3.05, 3.63) is 0 Å². The lowest BCUT2D eigenvalue weighted by atomic mass is 10.3. The van der Waals surface area contributed by atoms with Crippen LogP contribution in [0.25, 0.3) is 0 Å². The topological polar surface area (TPSA) is 24.7 Å². The van der Waals surface area contributed by atoms with E-state index in [4.69, 9.17) is 9.32 Å². The minimum Gasteiger partial charge on any atom is -0.324 e. The van der Waals surface area contributed by atoms with Crippen molar-refractivity contribution in [2.24, 2.45) is 9.32 Å². The summed E-state index contributed by atoms with van der Waals surface area (Å²) < 4.78 is 10.4. The molecule has 4 heteroatoms. The normalized spacial score (nSPS) is 14.8. The first-order valence-electron chi connectivity index (χ1n) is 8.51. The first-order valence-corrected chi connectivity index (χ1v) is 13.6. The third kappa shape index (κ3) is 4.95. The molecule has 0 aliphatic rings. The monoisotopic (exact) mass is 312 g/mol. The Morgan fingerprint density at radius 3 is 0.900 bits per heavy atom. The molecule has 0 aliphatic carbocycles. The second kappa shape index (κ2) is 8.93. The molecule has 0 spiro atoms. The number of hydrogen-bond donors (Lipinski definition) is 0. The van der Waals surface area contributed by atoms with Crippen molar-refractivity contribution in [2.75, 3.05) is 0 Å². The van der Waals surface area contributed by atoms with Gasteiger partial charge in [-0.2, -0.15) is 0 Å². The van der Waals surface area contributed by atoms with Crippen LogP contribution in [0.15, 0.2) is 9.32 Å². The lowest BCUT2D eigenvalue weighted by molar-refractivity contribution is 1.14. The fourth-order valence-electron chi connectivity index (χ4n) is 2.85. The molecule has 0 aromatic carbocycles. The SMILES string of the molecule is CC[Si](CC)(CC)N=C(C)C(C)=N[Si](CC)(CC)CC. The van der Waals surface area contributed by atoms with Crippen molar-refractivity contribution in [1.29, 1.82) is 0 Å². The largest absolute Gasteiger partial charge is 0.324 e. The van der Waals surface area contributed by atoms with E-state index in [2.05, 4.69) is 55.4 Å².